The Morgan fingerprint density at radius 3 is 2.00 bits per heavy atom. The molecule has 0 radical (unpaired) electrons. The summed E-state index contributed by atoms with van der Waals surface area (Å²) in [6, 6.07) is 0. The zero-order chi connectivity index (χ0) is 5.91. The van der Waals surface area contributed by atoms with Crippen molar-refractivity contribution in [1.82, 2.24) is 0 Å². The lowest BCUT2D eigenvalue weighted by molar-refractivity contribution is 0.557. The van der Waals surface area contributed by atoms with Gasteiger partial charge in [-0.15, -0.1) is 0 Å². The van der Waals surface area contributed by atoms with Crippen molar-refractivity contribution >= 4 is 28.6 Å². The molecule has 0 aliphatic rings. The van der Waals surface area contributed by atoms with E-state index in [0.717, 1.165) is 0 Å². The number of nitrogens with zero attached hydrogens (tertiary/aromatic N) is 1. The molecule has 2 nitrogen and oxygen atoms in total. The standard InChI is InChI=1S/C4H6ClNO.H4Si/c1-4(2,5)6-3-7;/h1-2H3;1H4. The van der Waals surface area contributed by atoms with Crippen molar-refractivity contribution in [2.45, 2.75) is 18.8 Å². The molecular weight excluding hydrogens is 142 g/mol. The molecule has 0 saturated heterocycles. The maximum absolute atomic E-state index is 9.44. The summed E-state index contributed by atoms with van der Waals surface area (Å²) < 4.78 is 0. The maximum Gasteiger partial charge on any atom is 0.236 e. The SMILES string of the molecule is CC(C)(Cl)N=C=O.[SiH4]. The first-order valence-electron chi connectivity index (χ1n) is 1.84. The smallest absolute Gasteiger partial charge is 0.211 e. The first-order valence-corrected chi connectivity index (χ1v) is 2.22. The Balaban J connectivity index is 0. The highest BCUT2D eigenvalue weighted by Gasteiger charge is 2.07. The molecule has 0 bridgehead atoms. The molecular formula is C4H10ClNOSi. The lowest BCUT2D eigenvalue weighted by Crippen LogP contribution is -2.03. The number of rotatable bonds is 1. The summed E-state index contributed by atoms with van der Waals surface area (Å²) in [5, 5.41) is 0. The topological polar surface area (TPSA) is 29.4 Å². The van der Waals surface area contributed by atoms with Gasteiger partial charge in [0.1, 0.15) is 5.00 Å². The van der Waals surface area contributed by atoms with E-state index in [1.807, 2.05) is 0 Å². The Morgan fingerprint density at radius 2 is 2.00 bits per heavy atom. The number of hydrogen-bond donors (Lipinski definition) is 0. The van der Waals surface area contributed by atoms with Crippen molar-refractivity contribution in [2.24, 2.45) is 4.99 Å². The van der Waals surface area contributed by atoms with Gasteiger partial charge in [0.05, 0.1) is 0 Å². The number of carbonyl (C=O) groups excluding carboxylic acids is 1. The molecule has 0 saturated carbocycles. The Bertz CT molecular complexity index is 103. The molecule has 0 spiro atoms. The van der Waals surface area contributed by atoms with Gasteiger partial charge in [0.2, 0.25) is 6.08 Å². The summed E-state index contributed by atoms with van der Waals surface area (Å²) in [5.41, 5.74) is 0. The van der Waals surface area contributed by atoms with Gasteiger partial charge in [-0.1, -0.05) is 11.6 Å². The van der Waals surface area contributed by atoms with Crippen LogP contribution >= 0.6 is 11.6 Å². The van der Waals surface area contributed by atoms with Gasteiger partial charge in [0, 0.05) is 0 Å². The van der Waals surface area contributed by atoms with Crippen molar-refractivity contribution in [3.63, 3.8) is 0 Å². The van der Waals surface area contributed by atoms with Gasteiger partial charge in [0.25, 0.3) is 0 Å². The van der Waals surface area contributed by atoms with Crippen LogP contribution in [-0.4, -0.2) is 22.0 Å². The number of halogens is 1. The van der Waals surface area contributed by atoms with Crippen molar-refractivity contribution in [2.75, 3.05) is 0 Å². The Morgan fingerprint density at radius 1 is 1.62 bits per heavy atom. The molecule has 0 aromatic rings. The van der Waals surface area contributed by atoms with E-state index in [4.69, 9.17) is 11.6 Å². The minimum Gasteiger partial charge on any atom is -0.211 e. The first-order chi connectivity index (χ1) is 3.06. The molecule has 0 aliphatic carbocycles. The predicted molar refractivity (Wildman–Crippen MR) is 39.4 cm³/mol. The van der Waals surface area contributed by atoms with E-state index in [1.54, 1.807) is 13.8 Å². The second-order valence-corrected chi connectivity index (χ2v) is 2.54. The van der Waals surface area contributed by atoms with E-state index >= 15 is 0 Å². The van der Waals surface area contributed by atoms with Crippen LogP contribution in [0.25, 0.3) is 0 Å². The number of isocyanates is 1. The molecule has 8 heavy (non-hydrogen) atoms. The van der Waals surface area contributed by atoms with Crippen LogP contribution in [0.15, 0.2) is 4.99 Å². The fourth-order valence-electron chi connectivity index (χ4n) is 0.109. The van der Waals surface area contributed by atoms with Crippen LogP contribution < -0.4 is 0 Å². The van der Waals surface area contributed by atoms with Crippen LogP contribution in [-0.2, 0) is 4.79 Å². The zero-order valence-corrected chi connectivity index (χ0v) is 4.99. The molecule has 0 aromatic carbocycles. The molecule has 0 amide bonds. The monoisotopic (exact) mass is 151 g/mol. The van der Waals surface area contributed by atoms with Gasteiger partial charge in [-0.05, 0) is 24.8 Å². The maximum atomic E-state index is 9.44. The molecule has 0 atom stereocenters. The van der Waals surface area contributed by atoms with E-state index in [1.165, 1.54) is 6.08 Å². The molecule has 0 rings (SSSR count). The second kappa shape index (κ2) is 3.84. The lowest BCUT2D eigenvalue weighted by atomic mass is 10.4. The molecule has 0 fully saturated rings. The molecule has 0 unspecified atom stereocenters. The fourth-order valence-corrected chi connectivity index (χ4v) is 0.143. The van der Waals surface area contributed by atoms with E-state index < -0.39 is 5.00 Å². The van der Waals surface area contributed by atoms with Crippen molar-refractivity contribution in [1.29, 1.82) is 0 Å². The fraction of sp³-hybridized carbons (Fsp3) is 0.750. The minimum absolute atomic E-state index is 0. The highest BCUT2D eigenvalue weighted by Crippen LogP contribution is 2.11. The zero-order valence-electron chi connectivity index (χ0n) is 4.23. The summed E-state index contributed by atoms with van der Waals surface area (Å²) >= 11 is 5.40. The first kappa shape index (κ1) is 10.8. The van der Waals surface area contributed by atoms with E-state index in [-0.39, 0.29) is 11.0 Å². The third-order valence-electron chi connectivity index (χ3n) is 0.312. The number of alkyl halides is 1. The molecule has 0 aromatic heterocycles. The molecule has 48 valence electrons. The second-order valence-electron chi connectivity index (χ2n) is 1.61. The van der Waals surface area contributed by atoms with Gasteiger partial charge in [-0.2, -0.15) is 4.99 Å². The average Bonchev–Trinajstić information content (AvgIpc) is 1.30. The number of aliphatic imine (C=N–C) groups is 1. The van der Waals surface area contributed by atoms with Crippen molar-refractivity contribution < 1.29 is 4.79 Å². The molecule has 0 aliphatic heterocycles. The average molecular weight is 152 g/mol. The molecule has 0 N–H and O–H groups in total. The Hall–Kier alpha value is -0.113. The highest BCUT2D eigenvalue weighted by molar-refractivity contribution is 6.23. The summed E-state index contributed by atoms with van der Waals surface area (Å²) in [7, 11) is 0. The Labute approximate surface area is 58.0 Å². The van der Waals surface area contributed by atoms with E-state index in [9.17, 15) is 4.79 Å². The lowest BCUT2D eigenvalue weighted by Gasteiger charge is -2.01. The number of hydrogen-bond acceptors (Lipinski definition) is 2. The van der Waals surface area contributed by atoms with Crippen LogP contribution in [0.4, 0.5) is 0 Å². The molecule has 4 heteroatoms. The minimum atomic E-state index is -0.776. The van der Waals surface area contributed by atoms with Gasteiger partial charge >= 0.3 is 0 Å². The Kier molecular flexibility index (Phi) is 5.18. The van der Waals surface area contributed by atoms with Crippen LogP contribution in [0.1, 0.15) is 13.8 Å². The van der Waals surface area contributed by atoms with Gasteiger partial charge in [-0.25, -0.2) is 4.79 Å². The van der Waals surface area contributed by atoms with Crippen molar-refractivity contribution in [3.8, 4) is 0 Å². The van der Waals surface area contributed by atoms with E-state index in [0.29, 0.717) is 0 Å². The summed E-state index contributed by atoms with van der Waals surface area (Å²) in [6.45, 7) is 3.22. The quantitative estimate of drug-likeness (QED) is 0.169. The third kappa shape index (κ3) is 9.31. The van der Waals surface area contributed by atoms with Crippen molar-refractivity contribution in [3.05, 3.63) is 0 Å². The van der Waals surface area contributed by atoms with E-state index in [2.05, 4.69) is 4.99 Å². The van der Waals surface area contributed by atoms with Gasteiger partial charge in [-0.3, -0.25) is 0 Å². The summed E-state index contributed by atoms with van der Waals surface area (Å²) in [4.78, 5) is 11.9. The van der Waals surface area contributed by atoms with Crippen LogP contribution in [0, 0.1) is 0 Å². The van der Waals surface area contributed by atoms with Crippen LogP contribution in [0.5, 0.6) is 0 Å². The van der Waals surface area contributed by atoms with Crippen LogP contribution in [0.3, 0.4) is 0 Å². The largest absolute Gasteiger partial charge is 0.236 e. The normalized spacial score (nSPS) is 8.88. The van der Waals surface area contributed by atoms with Crippen LogP contribution in [0.2, 0.25) is 0 Å². The highest BCUT2D eigenvalue weighted by atomic mass is 35.5. The summed E-state index contributed by atoms with van der Waals surface area (Å²) in [6.07, 6.45) is 1.35. The third-order valence-corrected chi connectivity index (χ3v) is 0.396. The predicted octanol–water partition coefficient (Wildman–Crippen LogP) is -0.155. The van der Waals surface area contributed by atoms with Gasteiger partial charge < -0.3 is 0 Å². The van der Waals surface area contributed by atoms with Gasteiger partial charge in [0.15, 0.2) is 0 Å². The molecule has 0 heterocycles. The summed E-state index contributed by atoms with van der Waals surface area (Å²) in [5.74, 6) is 0.